The van der Waals surface area contributed by atoms with Gasteiger partial charge in [0.2, 0.25) is 5.91 Å². The van der Waals surface area contributed by atoms with Crippen LogP contribution in [0.2, 0.25) is 0 Å². The molecule has 0 atom stereocenters. The van der Waals surface area contributed by atoms with Gasteiger partial charge in [-0.15, -0.1) is 0 Å². The molecule has 108 valence electrons. The van der Waals surface area contributed by atoms with Gasteiger partial charge < -0.3 is 15.5 Å². The summed E-state index contributed by atoms with van der Waals surface area (Å²) in [5.74, 6) is 0.251. The second-order valence-corrected chi connectivity index (χ2v) is 5.12. The number of amides is 2. The lowest BCUT2D eigenvalue weighted by Crippen LogP contribution is -2.29. The lowest BCUT2D eigenvalue weighted by atomic mass is 10.3. The van der Waals surface area contributed by atoms with Gasteiger partial charge in [0, 0.05) is 45.0 Å². The maximum atomic E-state index is 11.8. The first-order chi connectivity index (χ1) is 9.58. The van der Waals surface area contributed by atoms with Crippen LogP contribution in [0.4, 0.5) is 5.69 Å². The van der Waals surface area contributed by atoms with Crippen molar-refractivity contribution >= 4 is 17.5 Å². The quantitative estimate of drug-likeness (QED) is 0.751. The first kappa shape index (κ1) is 14.3. The largest absolute Gasteiger partial charge is 0.383 e. The number of anilines is 1. The molecule has 1 aromatic rings. The van der Waals surface area contributed by atoms with Crippen molar-refractivity contribution in [3.63, 3.8) is 0 Å². The fraction of sp³-hybridized carbons (Fsp3) is 0.500. The van der Waals surface area contributed by atoms with Crippen molar-refractivity contribution in [1.82, 2.24) is 15.2 Å². The van der Waals surface area contributed by atoms with E-state index in [1.807, 2.05) is 0 Å². The van der Waals surface area contributed by atoms with Gasteiger partial charge in [-0.1, -0.05) is 0 Å². The van der Waals surface area contributed by atoms with Crippen LogP contribution in [0.1, 0.15) is 23.3 Å². The molecule has 6 nitrogen and oxygen atoms in total. The van der Waals surface area contributed by atoms with E-state index in [4.69, 9.17) is 0 Å². The monoisotopic (exact) mass is 276 g/mol. The minimum atomic E-state index is -0.129. The van der Waals surface area contributed by atoms with Gasteiger partial charge in [0.1, 0.15) is 5.69 Å². The zero-order valence-electron chi connectivity index (χ0n) is 11.8. The smallest absolute Gasteiger partial charge is 0.272 e. The van der Waals surface area contributed by atoms with Crippen LogP contribution >= 0.6 is 0 Å². The van der Waals surface area contributed by atoms with Crippen molar-refractivity contribution in [2.45, 2.75) is 12.8 Å². The zero-order valence-corrected chi connectivity index (χ0v) is 11.8. The number of nitrogens with zero attached hydrogens (tertiary/aromatic N) is 2. The summed E-state index contributed by atoms with van der Waals surface area (Å²) in [6, 6.07) is 3.51. The Hall–Kier alpha value is -2.11. The van der Waals surface area contributed by atoms with Gasteiger partial charge in [-0.2, -0.15) is 0 Å². The van der Waals surface area contributed by atoms with Crippen molar-refractivity contribution in [2.24, 2.45) is 5.92 Å². The molecule has 6 heteroatoms. The third-order valence-electron chi connectivity index (χ3n) is 3.09. The molecule has 1 heterocycles. The molecular formula is C14H20N4O2. The van der Waals surface area contributed by atoms with Gasteiger partial charge in [0.15, 0.2) is 0 Å². The third kappa shape index (κ3) is 3.94. The Bertz CT molecular complexity index is 498. The van der Waals surface area contributed by atoms with Gasteiger partial charge in [0.25, 0.3) is 5.91 Å². The van der Waals surface area contributed by atoms with E-state index in [0.717, 1.165) is 18.5 Å². The van der Waals surface area contributed by atoms with E-state index in [-0.39, 0.29) is 17.7 Å². The van der Waals surface area contributed by atoms with Crippen molar-refractivity contribution in [2.75, 3.05) is 32.5 Å². The van der Waals surface area contributed by atoms with Gasteiger partial charge in [0.05, 0.1) is 0 Å². The van der Waals surface area contributed by atoms with Gasteiger partial charge in [-0.05, 0) is 25.0 Å². The number of carbonyl (C=O) groups is 2. The summed E-state index contributed by atoms with van der Waals surface area (Å²) >= 11 is 0. The average Bonchev–Trinajstić information content (AvgIpc) is 3.27. The molecule has 1 aromatic heterocycles. The molecule has 2 rings (SSSR count). The predicted molar refractivity (Wildman–Crippen MR) is 76.5 cm³/mol. The molecule has 1 fully saturated rings. The second kappa shape index (κ2) is 6.36. The number of nitrogens with one attached hydrogen (secondary N) is 2. The topological polar surface area (TPSA) is 74.3 Å². The maximum Gasteiger partial charge on any atom is 0.272 e. The van der Waals surface area contributed by atoms with E-state index in [0.29, 0.717) is 18.8 Å². The number of hydrogen-bond acceptors (Lipinski definition) is 4. The molecule has 0 bridgehead atoms. The summed E-state index contributed by atoms with van der Waals surface area (Å²) in [5.41, 5.74) is 1.23. The van der Waals surface area contributed by atoms with E-state index < -0.39 is 0 Å². The molecule has 0 saturated heterocycles. The lowest BCUT2D eigenvalue weighted by molar-refractivity contribution is -0.122. The summed E-state index contributed by atoms with van der Waals surface area (Å²) in [5, 5.41) is 6.05. The van der Waals surface area contributed by atoms with Crippen molar-refractivity contribution in [3.8, 4) is 0 Å². The van der Waals surface area contributed by atoms with Crippen LogP contribution in [0.5, 0.6) is 0 Å². The van der Waals surface area contributed by atoms with Crippen molar-refractivity contribution in [1.29, 1.82) is 0 Å². The summed E-state index contributed by atoms with van der Waals surface area (Å²) in [6.07, 6.45) is 3.63. The molecule has 20 heavy (non-hydrogen) atoms. The number of rotatable bonds is 6. The Morgan fingerprint density at radius 2 is 2.10 bits per heavy atom. The fourth-order valence-corrected chi connectivity index (χ4v) is 1.77. The average molecular weight is 276 g/mol. The fourth-order valence-electron chi connectivity index (χ4n) is 1.77. The SMILES string of the molecule is CN(C)C(=O)c1cc(NCCNC(=O)C2CC2)ccn1. The highest BCUT2D eigenvalue weighted by Gasteiger charge is 2.28. The summed E-state index contributed by atoms with van der Waals surface area (Å²) in [6.45, 7) is 1.20. The number of hydrogen-bond donors (Lipinski definition) is 2. The minimum absolute atomic E-state index is 0.129. The zero-order chi connectivity index (χ0) is 14.5. The van der Waals surface area contributed by atoms with E-state index in [1.165, 1.54) is 4.90 Å². The Morgan fingerprint density at radius 3 is 2.75 bits per heavy atom. The maximum absolute atomic E-state index is 11.8. The third-order valence-corrected chi connectivity index (χ3v) is 3.09. The summed E-state index contributed by atoms with van der Waals surface area (Å²) in [7, 11) is 3.38. The summed E-state index contributed by atoms with van der Waals surface area (Å²) < 4.78 is 0. The highest BCUT2D eigenvalue weighted by atomic mass is 16.2. The highest BCUT2D eigenvalue weighted by Crippen LogP contribution is 2.28. The minimum Gasteiger partial charge on any atom is -0.383 e. The molecule has 2 N–H and O–H groups in total. The van der Waals surface area contributed by atoms with Crippen LogP contribution in [0.3, 0.4) is 0 Å². The Labute approximate surface area is 118 Å². The van der Waals surface area contributed by atoms with Gasteiger partial charge in [-0.25, -0.2) is 0 Å². The van der Waals surface area contributed by atoms with Crippen LogP contribution in [0, 0.1) is 5.92 Å². The number of pyridine rings is 1. The Balaban J connectivity index is 1.79. The van der Waals surface area contributed by atoms with Gasteiger partial charge in [-0.3, -0.25) is 14.6 Å². The molecule has 0 unspecified atom stereocenters. The lowest BCUT2D eigenvalue weighted by Gasteiger charge is -2.11. The van der Waals surface area contributed by atoms with E-state index in [2.05, 4.69) is 15.6 Å². The van der Waals surface area contributed by atoms with Crippen molar-refractivity contribution < 1.29 is 9.59 Å². The Kier molecular flexibility index (Phi) is 4.55. The molecule has 2 amide bonds. The normalized spacial score (nSPS) is 13.7. The molecule has 0 aliphatic heterocycles. The predicted octanol–water partition coefficient (Wildman–Crippen LogP) is 0.721. The van der Waals surface area contributed by atoms with Crippen LogP contribution in [-0.4, -0.2) is 48.9 Å². The number of aromatic nitrogens is 1. The highest BCUT2D eigenvalue weighted by molar-refractivity contribution is 5.92. The molecule has 0 spiro atoms. The molecule has 0 aromatic carbocycles. The van der Waals surface area contributed by atoms with Crippen LogP contribution in [-0.2, 0) is 4.79 Å². The number of carbonyl (C=O) groups excluding carboxylic acids is 2. The molecule has 1 aliphatic rings. The van der Waals surface area contributed by atoms with Crippen LogP contribution in [0.25, 0.3) is 0 Å². The molecular weight excluding hydrogens is 256 g/mol. The first-order valence-corrected chi connectivity index (χ1v) is 6.77. The van der Waals surface area contributed by atoms with E-state index in [9.17, 15) is 9.59 Å². The van der Waals surface area contributed by atoms with E-state index in [1.54, 1.807) is 32.4 Å². The van der Waals surface area contributed by atoms with Crippen molar-refractivity contribution in [3.05, 3.63) is 24.0 Å². The van der Waals surface area contributed by atoms with Crippen LogP contribution in [0.15, 0.2) is 18.3 Å². The summed E-state index contributed by atoms with van der Waals surface area (Å²) in [4.78, 5) is 28.7. The second-order valence-electron chi connectivity index (χ2n) is 5.12. The van der Waals surface area contributed by atoms with E-state index >= 15 is 0 Å². The van der Waals surface area contributed by atoms with Gasteiger partial charge >= 0.3 is 0 Å². The molecule has 1 aliphatic carbocycles. The van der Waals surface area contributed by atoms with Crippen LogP contribution < -0.4 is 10.6 Å². The standard InChI is InChI=1S/C14H20N4O2/c1-18(2)14(20)12-9-11(5-6-16-12)15-7-8-17-13(19)10-3-4-10/h5-6,9-10H,3-4,7-8H2,1-2H3,(H,15,16)(H,17,19). The first-order valence-electron chi connectivity index (χ1n) is 6.77. The Morgan fingerprint density at radius 1 is 1.35 bits per heavy atom. The molecule has 0 radical (unpaired) electrons. The molecule has 1 saturated carbocycles.